The summed E-state index contributed by atoms with van der Waals surface area (Å²) in [6.45, 7) is 5.38. The topological polar surface area (TPSA) is 109 Å². The molecule has 9 heteroatoms. The van der Waals surface area contributed by atoms with Crippen molar-refractivity contribution in [3.05, 3.63) is 23.3 Å². The van der Waals surface area contributed by atoms with Gasteiger partial charge in [0.1, 0.15) is 11.7 Å². The first-order chi connectivity index (χ1) is 13.6. The molecule has 9 nitrogen and oxygen atoms in total. The van der Waals surface area contributed by atoms with Crippen LogP contribution in [0.4, 0.5) is 4.79 Å². The number of hydrogen-bond acceptors (Lipinski definition) is 8. The first kappa shape index (κ1) is 22.3. The fraction of sp³-hybridized carbons (Fsp3) is 0.550. The number of benzene rings is 1. The number of alkyl carbamates (subject to hydrolysis) is 1. The maximum Gasteiger partial charge on any atom is 0.407 e. The normalized spacial score (nSPS) is 18.1. The lowest BCUT2D eigenvalue weighted by Gasteiger charge is -2.36. The van der Waals surface area contributed by atoms with Gasteiger partial charge in [-0.15, -0.1) is 0 Å². The molecule has 160 valence electrons. The molecule has 1 aliphatic carbocycles. The van der Waals surface area contributed by atoms with Crippen LogP contribution in [0.15, 0.2) is 12.1 Å². The number of rotatable bonds is 6. The Labute approximate surface area is 169 Å². The Morgan fingerprint density at radius 2 is 1.45 bits per heavy atom. The van der Waals surface area contributed by atoms with E-state index < -0.39 is 23.6 Å². The average molecular weight is 409 g/mol. The number of ether oxygens (including phenoxy) is 5. The van der Waals surface area contributed by atoms with Gasteiger partial charge in [0.2, 0.25) is 0 Å². The molecule has 1 aliphatic rings. The maximum atomic E-state index is 12.1. The van der Waals surface area contributed by atoms with Crippen LogP contribution in [0.1, 0.15) is 54.3 Å². The first-order valence-corrected chi connectivity index (χ1v) is 9.12. The molecule has 1 amide bonds. The molecule has 0 unspecified atom stereocenters. The Morgan fingerprint density at radius 1 is 0.931 bits per heavy atom. The van der Waals surface area contributed by atoms with Gasteiger partial charge in [-0.25, -0.2) is 14.4 Å². The standard InChI is InChI=1S/C20H27NO8/c1-20(2,3)29-19(24)21-11-7-12(8-11)28-16-10-14(18(23)27-6)13(17(22)26-5)9-15(16)25-4/h9-12H,7-8H2,1-6H3,(H,21,24). The van der Waals surface area contributed by atoms with Crippen molar-refractivity contribution >= 4 is 18.0 Å². The molecule has 0 aliphatic heterocycles. The fourth-order valence-electron chi connectivity index (χ4n) is 2.80. The minimum absolute atomic E-state index is 0.0119. The predicted octanol–water partition coefficient (Wildman–Crippen LogP) is 2.70. The largest absolute Gasteiger partial charge is 0.493 e. The van der Waals surface area contributed by atoms with Gasteiger partial charge < -0.3 is 29.0 Å². The van der Waals surface area contributed by atoms with Gasteiger partial charge in [0, 0.05) is 18.9 Å². The van der Waals surface area contributed by atoms with Crippen LogP contribution in [-0.4, -0.2) is 57.1 Å². The molecule has 0 radical (unpaired) electrons. The Bertz CT molecular complexity index is 777. The lowest BCUT2D eigenvalue weighted by Crippen LogP contribution is -2.50. The zero-order chi connectivity index (χ0) is 21.8. The second-order valence-electron chi connectivity index (χ2n) is 7.59. The van der Waals surface area contributed by atoms with Crippen molar-refractivity contribution in [1.82, 2.24) is 5.32 Å². The summed E-state index contributed by atoms with van der Waals surface area (Å²) < 4.78 is 25.9. The number of carbonyl (C=O) groups is 3. The van der Waals surface area contributed by atoms with E-state index in [-0.39, 0.29) is 29.0 Å². The minimum Gasteiger partial charge on any atom is -0.493 e. The molecule has 29 heavy (non-hydrogen) atoms. The molecule has 0 heterocycles. The molecule has 0 atom stereocenters. The lowest BCUT2D eigenvalue weighted by molar-refractivity contribution is 0.0355. The Morgan fingerprint density at radius 3 is 1.90 bits per heavy atom. The number of nitrogens with one attached hydrogen (secondary N) is 1. The van der Waals surface area contributed by atoms with Crippen LogP contribution in [-0.2, 0) is 14.2 Å². The maximum absolute atomic E-state index is 12.1. The minimum atomic E-state index is -0.698. The number of amides is 1. The van der Waals surface area contributed by atoms with Gasteiger partial charge >= 0.3 is 18.0 Å². The number of hydrogen-bond donors (Lipinski definition) is 1. The second-order valence-corrected chi connectivity index (χ2v) is 7.59. The summed E-state index contributed by atoms with van der Waals surface area (Å²) in [5.74, 6) is -0.820. The summed E-state index contributed by atoms with van der Waals surface area (Å²) in [7, 11) is 3.86. The van der Waals surface area contributed by atoms with Gasteiger partial charge in [-0.05, 0) is 32.9 Å². The molecule has 0 bridgehead atoms. The Hall–Kier alpha value is -2.97. The summed E-state index contributed by atoms with van der Waals surface area (Å²) in [6.07, 6.45) is 0.455. The van der Waals surface area contributed by atoms with E-state index in [0.29, 0.717) is 18.6 Å². The van der Waals surface area contributed by atoms with Crippen molar-refractivity contribution in [2.24, 2.45) is 0 Å². The van der Waals surface area contributed by atoms with E-state index in [4.69, 9.17) is 23.7 Å². The van der Waals surface area contributed by atoms with Crippen molar-refractivity contribution in [1.29, 1.82) is 0 Å². The molecule has 1 fully saturated rings. The van der Waals surface area contributed by atoms with Crippen molar-refractivity contribution in [3.8, 4) is 11.5 Å². The third-order valence-electron chi connectivity index (χ3n) is 4.22. The molecular formula is C20H27NO8. The summed E-state index contributed by atoms with van der Waals surface area (Å²) in [4.78, 5) is 35.9. The van der Waals surface area contributed by atoms with Gasteiger partial charge in [-0.1, -0.05) is 0 Å². The van der Waals surface area contributed by atoms with Gasteiger partial charge in [0.25, 0.3) is 0 Å². The quantitative estimate of drug-likeness (QED) is 0.564. The number of methoxy groups -OCH3 is 3. The Balaban J connectivity index is 2.09. The van der Waals surface area contributed by atoms with Crippen LogP contribution >= 0.6 is 0 Å². The molecule has 0 saturated heterocycles. The van der Waals surface area contributed by atoms with Crippen LogP contribution in [0.5, 0.6) is 11.5 Å². The van der Waals surface area contributed by atoms with E-state index in [1.165, 1.54) is 33.5 Å². The van der Waals surface area contributed by atoms with Crippen molar-refractivity contribution in [2.75, 3.05) is 21.3 Å². The highest BCUT2D eigenvalue weighted by molar-refractivity contribution is 6.04. The van der Waals surface area contributed by atoms with Crippen LogP contribution < -0.4 is 14.8 Å². The highest BCUT2D eigenvalue weighted by Gasteiger charge is 2.34. The first-order valence-electron chi connectivity index (χ1n) is 9.12. The predicted molar refractivity (Wildman–Crippen MR) is 102 cm³/mol. The molecule has 0 aromatic heterocycles. The van der Waals surface area contributed by atoms with E-state index >= 15 is 0 Å². The number of esters is 2. The van der Waals surface area contributed by atoms with Crippen molar-refractivity contribution < 1.29 is 38.1 Å². The van der Waals surface area contributed by atoms with Crippen LogP contribution in [0.2, 0.25) is 0 Å². The molecule has 1 N–H and O–H groups in total. The zero-order valence-corrected chi connectivity index (χ0v) is 17.5. The fourth-order valence-corrected chi connectivity index (χ4v) is 2.80. The monoisotopic (exact) mass is 409 g/mol. The van der Waals surface area contributed by atoms with Gasteiger partial charge in [0.15, 0.2) is 11.5 Å². The third-order valence-corrected chi connectivity index (χ3v) is 4.22. The molecular weight excluding hydrogens is 382 g/mol. The summed E-state index contributed by atoms with van der Waals surface area (Å²) in [6, 6.07) is 2.70. The van der Waals surface area contributed by atoms with Crippen LogP contribution in [0.3, 0.4) is 0 Å². The summed E-state index contributed by atoms with van der Waals surface area (Å²) >= 11 is 0. The van der Waals surface area contributed by atoms with E-state index in [0.717, 1.165) is 0 Å². The van der Waals surface area contributed by atoms with Crippen LogP contribution in [0, 0.1) is 0 Å². The summed E-state index contributed by atoms with van der Waals surface area (Å²) in [5.41, 5.74) is -0.539. The third kappa shape index (κ3) is 5.75. The summed E-state index contributed by atoms with van der Waals surface area (Å²) in [5, 5.41) is 2.78. The van der Waals surface area contributed by atoms with Crippen molar-refractivity contribution in [2.45, 2.75) is 51.4 Å². The van der Waals surface area contributed by atoms with E-state index in [1.807, 2.05) is 0 Å². The van der Waals surface area contributed by atoms with E-state index in [2.05, 4.69) is 5.32 Å². The average Bonchev–Trinajstić information content (AvgIpc) is 2.62. The van der Waals surface area contributed by atoms with Crippen LogP contribution in [0.25, 0.3) is 0 Å². The Kier molecular flexibility index (Phi) is 6.94. The SMILES string of the molecule is COC(=O)c1cc(OC)c(OC2CC(NC(=O)OC(C)(C)C)C2)cc1C(=O)OC. The molecule has 1 aromatic rings. The zero-order valence-electron chi connectivity index (χ0n) is 17.5. The van der Waals surface area contributed by atoms with E-state index in [1.54, 1.807) is 20.8 Å². The number of carbonyl (C=O) groups excluding carboxylic acids is 3. The van der Waals surface area contributed by atoms with Gasteiger partial charge in [-0.2, -0.15) is 0 Å². The van der Waals surface area contributed by atoms with Crippen molar-refractivity contribution in [3.63, 3.8) is 0 Å². The highest BCUT2D eigenvalue weighted by Crippen LogP contribution is 2.35. The molecule has 1 saturated carbocycles. The highest BCUT2D eigenvalue weighted by atomic mass is 16.6. The van der Waals surface area contributed by atoms with Gasteiger partial charge in [-0.3, -0.25) is 0 Å². The van der Waals surface area contributed by atoms with E-state index in [9.17, 15) is 14.4 Å². The molecule has 1 aromatic carbocycles. The lowest BCUT2D eigenvalue weighted by atomic mass is 9.89. The van der Waals surface area contributed by atoms with Gasteiger partial charge in [0.05, 0.1) is 32.5 Å². The molecule has 0 spiro atoms. The molecule has 2 rings (SSSR count). The second kappa shape index (κ2) is 9.02. The smallest absolute Gasteiger partial charge is 0.407 e.